The van der Waals surface area contributed by atoms with Crippen LogP contribution in [0.25, 0.3) is 0 Å². The Balaban J connectivity index is 2.60. The van der Waals surface area contributed by atoms with Crippen LogP contribution in [0.4, 0.5) is 0 Å². The van der Waals surface area contributed by atoms with Gasteiger partial charge in [-0.2, -0.15) is 0 Å². The van der Waals surface area contributed by atoms with E-state index in [0.717, 1.165) is 19.3 Å². The number of halogens is 1. The Bertz CT molecular complexity index is 242. The van der Waals surface area contributed by atoms with Gasteiger partial charge in [-0.3, -0.25) is 0 Å². The molecule has 6 heteroatoms. The number of nitrogens with one attached hydrogen (secondary N) is 1. The Morgan fingerprint density at radius 1 is 1.50 bits per heavy atom. The summed E-state index contributed by atoms with van der Waals surface area (Å²) in [7, 11) is -3.24. The maximum absolute atomic E-state index is 11.1. The van der Waals surface area contributed by atoms with E-state index in [0.29, 0.717) is 0 Å². The van der Waals surface area contributed by atoms with Crippen LogP contribution in [0.5, 0.6) is 0 Å². The number of alkyl halides is 1. The summed E-state index contributed by atoms with van der Waals surface area (Å²) >= 11 is 2.87. The van der Waals surface area contributed by atoms with Crippen LogP contribution >= 0.6 is 15.9 Å². The zero-order chi connectivity index (χ0) is 9.24. The second-order valence-electron chi connectivity index (χ2n) is 3.12. The summed E-state index contributed by atoms with van der Waals surface area (Å²) in [5.74, 6) is 0. The van der Waals surface area contributed by atoms with Crippen molar-refractivity contribution in [2.45, 2.75) is 24.8 Å². The molecule has 0 aliphatic heterocycles. The van der Waals surface area contributed by atoms with E-state index in [-0.39, 0.29) is 11.3 Å². The lowest BCUT2D eigenvalue weighted by molar-refractivity contribution is 0.111. The maximum atomic E-state index is 11.1. The molecule has 2 N–H and O–H groups in total. The summed E-state index contributed by atoms with van der Waals surface area (Å²) in [6, 6.07) is 0. The Hall–Kier alpha value is 0.350. The zero-order valence-corrected chi connectivity index (χ0v) is 8.99. The van der Waals surface area contributed by atoms with Crippen molar-refractivity contribution in [3.05, 3.63) is 0 Å². The highest BCUT2D eigenvalue weighted by atomic mass is 79.9. The van der Waals surface area contributed by atoms with Gasteiger partial charge in [0.05, 0.1) is 12.1 Å². The third-order valence-corrected chi connectivity index (χ3v) is 4.97. The second-order valence-corrected chi connectivity index (χ2v) is 6.14. The Morgan fingerprint density at radius 3 is 2.33 bits per heavy atom. The van der Waals surface area contributed by atoms with Crippen LogP contribution in [-0.4, -0.2) is 30.3 Å². The summed E-state index contributed by atoms with van der Waals surface area (Å²) in [6.07, 6.45) is 2.44. The van der Waals surface area contributed by atoms with Gasteiger partial charge >= 0.3 is 0 Å². The average molecular weight is 258 g/mol. The van der Waals surface area contributed by atoms with Crippen molar-refractivity contribution in [3.63, 3.8) is 0 Å². The highest BCUT2D eigenvalue weighted by Crippen LogP contribution is 2.31. The molecule has 1 rings (SSSR count). The number of sulfonamides is 1. The van der Waals surface area contributed by atoms with Crippen LogP contribution in [0.2, 0.25) is 0 Å². The van der Waals surface area contributed by atoms with Gasteiger partial charge in [0.1, 0.15) is 4.66 Å². The molecule has 0 heterocycles. The van der Waals surface area contributed by atoms with Gasteiger partial charge < -0.3 is 5.11 Å². The molecular weight excluding hydrogens is 246 g/mol. The highest BCUT2D eigenvalue weighted by Gasteiger charge is 2.39. The normalized spacial score (nSPS) is 21.8. The standard InChI is InChI=1S/C6H12BrNO3S/c7-5-12(10,11)8-6(4-9)2-1-3-6/h8-9H,1-5H2. The Kier molecular flexibility index (Phi) is 3.14. The van der Waals surface area contributed by atoms with Crippen molar-refractivity contribution in [2.75, 3.05) is 11.3 Å². The first kappa shape index (κ1) is 10.4. The Morgan fingerprint density at radius 2 is 2.08 bits per heavy atom. The molecule has 0 aromatic rings. The summed E-state index contributed by atoms with van der Waals surface area (Å²) in [4.78, 5) is 0. The third-order valence-electron chi connectivity index (χ3n) is 2.13. The van der Waals surface area contributed by atoms with Crippen LogP contribution in [-0.2, 0) is 10.0 Å². The van der Waals surface area contributed by atoms with Gasteiger partial charge in [-0.1, -0.05) is 15.9 Å². The van der Waals surface area contributed by atoms with E-state index < -0.39 is 15.6 Å². The van der Waals surface area contributed by atoms with E-state index in [9.17, 15) is 8.42 Å². The molecule has 0 amide bonds. The van der Waals surface area contributed by atoms with E-state index in [2.05, 4.69) is 20.7 Å². The molecule has 1 aliphatic rings. The van der Waals surface area contributed by atoms with Crippen LogP contribution in [0, 0.1) is 0 Å². The van der Waals surface area contributed by atoms with Gasteiger partial charge in [-0.05, 0) is 19.3 Å². The molecular formula is C6H12BrNO3S. The largest absolute Gasteiger partial charge is 0.394 e. The SMILES string of the molecule is O=S(=O)(CBr)NC1(CO)CCC1. The molecule has 0 aromatic heterocycles. The molecule has 12 heavy (non-hydrogen) atoms. The summed E-state index contributed by atoms with van der Waals surface area (Å²) < 4.78 is 24.6. The number of rotatable bonds is 4. The lowest BCUT2D eigenvalue weighted by Crippen LogP contribution is -2.56. The molecule has 0 spiro atoms. The smallest absolute Gasteiger partial charge is 0.222 e. The first-order valence-corrected chi connectivity index (χ1v) is 6.49. The summed E-state index contributed by atoms with van der Waals surface area (Å²) in [5, 5.41) is 8.95. The highest BCUT2D eigenvalue weighted by molar-refractivity contribution is 9.10. The fraction of sp³-hybridized carbons (Fsp3) is 1.00. The van der Waals surface area contributed by atoms with Crippen molar-refractivity contribution in [3.8, 4) is 0 Å². The van der Waals surface area contributed by atoms with Crippen LogP contribution in [0.1, 0.15) is 19.3 Å². The summed E-state index contributed by atoms with van der Waals surface area (Å²) in [6.45, 7) is -0.112. The molecule has 1 aliphatic carbocycles. The van der Waals surface area contributed by atoms with Gasteiger partial charge in [-0.25, -0.2) is 13.1 Å². The first-order valence-electron chi connectivity index (χ1n) is 3.72. The number of aliphatic hydroxyl groups is 1. The van der Waals surface area contributed by atoms with Crippen molar-refractivity contribution in [2.24, 2.45) is 0 Å². The van der Waals surface area contributed by atoms with Crippen LogP contribution in [0.3, 0.4) is 0 Å². The van der Waals surface area contributed by atoms with E-state index >= 15 is 0 Å². The molecule has 1 fully saturated rings. The number of hydrogen-bond donors (Lipinski definition) is 2. The molecule has 0 unspecified atom stereocenters. The second kappa shape index (κ2) is 3.61. The lowest BCUT2D eigenvalue weighted by Gasteiger charge is -2.40. The maximum Gasteiger partial charge on any atom is 0.222 e. The van der Waals surface area contributed by atoms with E-state index in [1.54, 1.807) is 0 Å². The number of aliphatic hydroxyl groups excluding tert-OH is 1. The molecule has 0 bridgehead atoms. The van der Waals surface area contributed by atoms with Gasteiger partial charge in [0.25, 0.3) is 0 Å². The fourth-order valence-corrected chi connectivity index (χ4v) is 2.58. The van der Waals surface area contributed by atoms with E-state index in [1.807, 2.05) is 0 Å². The van der Waals surface area contributed by atoms with Gasteiger partial charge in [0, 0.05) is 0 Å². The van der Waals surface area contributed by atoms with Crippen molar-refractivity contribution in [1.29, 1.82) is 0 Å². The third kappa shape index (κ3) is 2.18. The van der Waals surface area contributed by atoms with Crippen LogP contribution < -0.4 is 4.72 Å². The minimum atomic E-state index is -3.24. The quantitative estimate of drug-likeness (QED) is 0.706. The molecule has 72 valence electrons. The predicted molar refractivity (Wildman–Crippen MR) is 49.5 cm³/mol. The molecule has 0 aromatic carbocycles. The summed E-state index contributed by atoms with van der Waals surface area (Å²) in [5.41, 5.74) is -0.563. The molecule has 1 saturated carbocycles. The minimum absolute atomic E-state index is 0.109. The Labute approximate surface area is 80.5 Å². The van der Waals surface area contributed by atoms with Crippen molar-refractivity contribution < 1.29 is 13.5 Å². The topological polar surface area (TPSA) is 66.4 Å². The monoisotopic (exact) mass is 257 g/mol. The number of hydrogen-bond acceptors (Lipinski definition) is 3. The molecule has 0 saturated heterocycles. The first-order chi connectivity index (χ1) is 5.54. The van der Waals surface area contributed by atoms with Crippen molar-refractivity contribution >= 4 is 26.0 Å². The average Bonchev–Trinajstić information content (AvgIpc) is 1.97. The molecule has 0 atom stereocenters. The minimum Gasteiger partial charge on any atom is -0.394 e. The van der Waals surface area contributed by atoms with Gasteiger partial charge in [-0.15, -0.1) is 0 Å². The predicted octanol–water partition coefficient (Wildman–Crippen LogP) is 0.173. The van der Waals surface area contributed by atoms with Crippen molar-refractivity contribution in [1.82, 2.24) is 4.72 Å². The van der Waals surface area contributed by atoms with E-state index in [1.165, 1.54) is 0 Å². The zero-order valence-electron chi connectivity index (χ0n) is 6.59. The molecule has 0 radical (unpaired) electrons. The van der Waals surface area contributed by atoms with Gasteiger partial charge in [0.2, 0.25) is 10.0 Å². The van der Waals surface area contributed by atoms with Crippen LogP contribution in [0.15, 0.2) is 0 Å². The van der Waals surface area contributed by atoms with Gasteiger partial charge in [0.15, 0.2) is 0 Å². The lowest BCUT2D eigenvalue weighted by atomic mass is 9.78. The molecule has 4 nitrogen and oxygen atoms in total. The fourth-order valence-electron chi connectivity index (χ4n) is 1.25. The van der Waals surface area contributed by atoms with E-state index in [4.69, 9.17) is 5.11 Å².